The predicted molar refractivity (Wildman–Crippen MR) is 76.4 cm³/mol. The van der Waals surface area contributed by atoms with Crippen LogP contribution in [-0.2, 0) is 0 Å². The topological polar surface area (TPSA) is 17.8 Å². The number of benzene rings is 1. The van der Waals surface area contributed by atoms with E-state index in [-0.39, 0.29) is 5.38 Å². The quantitative estimate of drug-likeness (QED) is 0.728. The van der Waals surface area contributed by atoms with E-state index in [0.29, 0.717) is 11.1 Å². The number of para-hydroxylation sites is 1. The third-order valence-corrected chi connectivity index (χ3v) is 4.30. The number of fused-ring (bicyclic) bond motifs is 1. The maximum Gasteiger partial charge on any atom is 0.128 e. The van der Waals surface area contributed by atoms with E-state index in [4.69, 9.17) is 23.2 Å². The number of hydrogen-bond donors (Lipinski definition) is 0. The van der Waals surface area contributed by atoms with Crippen molar-refractivity contribution in [2.75, 3.05) is 0 Å². The second-order valence-corrected chi connectivity index (χ2v) is 6.10. The van der Waals surface area contributed by atoms with Gasteiger partial charge >= 0.3 is 0 Å². The Morgan fingerprint density at radius 3 is 2.89 bits per heavy atom. The van der Waals surface area contributed by atoms with Crippen LogP contribution in [0.4, 0.5) is 0 Å². The molecule has 3 unspecified atom stereocenters. The average Bonchev–Trinajstić information content (AvgIpc) is 3.01. The minimum atomic E-state index is -0.0911. The monoisotopic (exact) mass is 282 g/mol. The molecular weight excluding hydrogens is 267 g/mol. The molecule has 1 aliphatic carbocycles. The summed E-state index contributed by atoms with van der Waals surface area (Å²) >= 11 is 12.5. The van der Waals surface area contributed by atoms with Crippen LogP contribution in [0, 0.1) is 5.92 Å². The Morgan fingerprint density at radius 2 is 2.28 bits per heavy atom. The van der Waals surface area contributed by atoms with E-state index in [1.54, 1.807) is 0 Å². The SMILES string of the molecule is CCC1CC1n1c(C(C)Cl)nc2c(Cl)cccc21. The first-order chi connectivity index (χ1) is 8.63. The fourth-order valence-corrected chi connectivity index (χ4v) is 3.08. The van der Waals surface area contributed by atoms with Crippen LogP contribution in [0.15, 0.2) is 18.2 Å². The number of nitrogens with zero attached hydrogens (tertiary/aromatic N) is 2. The molecule has 0 saturated heterocycles. The summed E-state index contributed by atoms with van der Waals surface area (Å²) in [6, 6.07) is 6.50. The van der Waals surface area contributed by atoms with Crippen LogP contribution in [0.3, 0.4) is 0 Å². The lowest BCUT2D eigenvalue weighted by atomic mass is 10.3. The molecule has 2 nitrogen and oxygen atoms in total. The zero-order chi connectivity index (χ0) is 12.9. The van der Waals surface area contributed by atoms with Crippen LogP contribution in [0.2, 0.25) is 5.02 Å². The highest BCUT2D eigenvalue weighted by Crippen LogP contribution is 2.49. The molecule has 1 aromatic carbocycles. The summed E-state index contributed by atoms with van der Waals surface area (Å²) in [5.74, 6) is 1.70. The second-order valence-electron chi connectivity index (χ2n) is 5.03. The Bertz CT molecular complexity index is 589. The Hall–Kier alpha value is -0.730. The van der Waals surface area contributed by atoms with Gasteiger partial charge in [-0.2, -0.15) is 0 Å². The maximum absolute atomic E-state index is 6.27. The van der Waals surface area contributed by atoms with Gasteiger partial charge in [0.1, 0.15) is 11.3 Å². The molecule has 18 heavy (non-hydrogen) atoms. The van der Waals surface area contributed by atoms with Gasteiger partial charge in [0.25, 0.3) is 0 Å². The van der Waals surface area contributed by atoms with Gasteiger partial charge in [0.15, 0.2) is 0 Å². The van der Waals surface area contributed by atoms with Gasteiger partial charge in [-0.15, -0.1) is 11.6 Å². The van der Waals surface area contributed by atoms with Crippen molar-refractivity contribution in [2.24, 2.45) is 5.92 Å². The van der Waals surface area contributed by atoms with Gasteiger partial charge in [0.2, 0.25) is 0 Å². The summed E-state index contributed by atoms with van der Waals surface area (Å²) in [6.07, 6.45) is 2.44. The number of halogens is 2. The van der Waals surface area contributed by atoms with Crippen LogP contribution in [0.1, 0.15) is 43.9 Å². The van der Waals surface area contributed by atoms with Crippen LogP contribution in [0.5, 0.6) is 0 Å². The number of hydrogen-bond acceptors (Lipinski definition) is 1. The van der Waals surface area contributed by atoms with Crippen molar-refractivity contribution in [2.45, 2.75) is 38.1 Å². The summed E-state index contributed by atoms with van der Waals surface area (Å²) < 4.78 is 2.30. The fraction of sp³-hybridized carbons (Fsp3) is 0.500. The Morgan fingerprint density at radius 1 is 1.50 bits per heavy atom. The standard InChI is InChI=1S/C14H16Cl2N2/c1-3-9-7-12(9)18-11-6-4-5-10(16)13(11)17-14(18)8(2)15/h4-6,8-9,12H,3,7H2,1-2H3. The predicted octanol–water partition coefficient (Wildman–Crippen LogP) is 4.96. The van der Waals surface area contributed by atoms with Gasteiger partial charge in [0, 0.05) is 6.04 Å². The first-order valence-electron chi connectivity index (χ1n) is 6.44. The molecule has 0 radical (unpaired) electrons. The van der Waals surface area contributed by atoms with Crippen molar-refractivity contribution in [3.8, 4) is 0 Å². The van der Waals surface area contributed by atoms with Gasteiger partial charge in [-0.1, -0.05) is 31.0 Å². The molecule has 1 saturated carbocycles. The number of imidazole rings is 1. The highest BCUT2D eigenvalue weighted by molar-refractivity contribution is 6.35. The Kier molecular flexibility index (Phi) is 3.03. The van der Waals surface area contributed by atoms with Crippen LogP contribution < -0.4 is 0 Å². The smallest absolute Gasteiger partial charge is 0.128 e. The molecule has 0 aliphatic heterocycles. The van der Waals surface area contributed by atoms with Crippen molar-refractivity contribution < 1.29 is 0 Å². The second kappa shape index (κ2) is 4.43. The molecule has 1 aromatic heterocycles. The Balaban J connectivity index is 2.20. The molecule has 0 bridgehead atoms. The molecule has 3 rings (SSSR count). The minimum absolute atomic E-state index is 0.0911. The molecule has 1 fully saturated rings. The van der Waals surface area contributed by atoms with E-state index >= 15 is 0 Å². The molecule has 0 amide bonds. The molecule has 2 aromatic rings. The number of alkyl halides is 1. The number of rotatable bonds is 3. The first-order valence-corrected chi connectivity index (χ1v) is 7.25. The number of aromatic nitrogens is 2. The third kappa shape index (κ3) is 1.83. The van der Waals surface area contributed by atoms with Gasteiger partial charge in [0.05, 0.1) is 15.9 Å². The van der Waals surface area contributed by atoms with E-state index < -0.39 is 0 Å². The van der Waals surface area contributed by atoms with Crippen LogP contribution in [-0.4, -0.2) is 9.55 Å². The highest BCUT2D eigenvalue weighted by atomic mass is 35.5. The molecule has 0 N–H and O–H groups in total. The summed E-state index contributed by atoms with van der Waals surface area (Å²) in [5.41, 5.74) is 1.99. The largest absolute Gasteiger partial charge is 0.323 e. The van der Waals surface area contributed by atoms with E-state index in [9.17, 15) is 0 Å². The van der Waals surface area contributed by atoms with E-state index in [1.165, 1.54) is 12.8 Å². The fourth-order valence-electron chi connectivity index (χ4n) is 2.72. The molecule has 0 spiro atoms. The lowest BCUT2D eigenvalue weighted by Crippen LogP contribution is -2.03. The summed E-state index contributed by atoms with van der Waals surface area (Å²) in [5, 5.41) is 0.616. The lowest BCUT2D eigenvalue weighted by Gasteiger charge is -2.10. The van der Waals surface area contributed by atoms with Gasteiger partial charge < -0.3 is 4.57 Å². The summed E-state index contributed by atoms with van der Waals surface area (Å²) in [6.45, 7) is 4.21. The first kappa shape index (κ1) is 12.3. The molecule has 1 aliphatic rings. The highest BCUT2D eigenvalue weighted by Gasteiger charge is 2.39. The molecule has 96 valence electrons. The Labute approximate surface area is 117 Å². The minimum Gasteiger partial charge on any atom is -0.323 e. The molecular formula is C14H16Cl2N2. The molecule has 4 heteroatoms. The van der Waals surface area contributed by atoms with Gasteiger partial charge in [-0.3, -0.25) is 0 Å². The van der Waals surface area contributed by atoms with Crippen molar-refractivity contribution in [3.05, 3.63) is 29.0 Å². The van der Waals surface area contributed by atoms with Crippen LogP contribution in [0.25, 0.3) is 11.0 Å². The maximum atomic E-state index is 6.27. The van der Waals surface area contributed by atoms with Gasteiger partial charge in [-0.25, -0.2) is 4.98 Å². The van der Waals surface area contributed by atoms with Gasteiger partial charge in [-0.05, 0) is 31.4 Å². The van der Waals surface area contributed by atoms with Crippen molar-refractivity contribution in [3.63, 3.8) is 0 Å². The van der Waals surface area contributed by atoms with Crippen molar-refractivity contribution in [1.82, 2.24) is 9.55 Å². The molecule has 3 atom stereocenters. The third-order valence-electron chi connectivity index (χ3n) is 3.80. The normalized spacial score (nSPS) is 24.4. The zero-order valence-electron chi connectivity index (χ0n) is 10.5. The van der Waals surface area contributed by atoms with E-state index in [2.05, 4.69) is 22.5 Å². The van der Waals surface area contributed by atoms with Crippen LogP contribution >= 0.6 is 23.2 Å². The van der Waals surface area contributed by atoms with E-state index in [0.717, 1.165) is 22.8 Å². The average molecular weight is 283 g/mol. The van der Waals surface area contributed by atoms with Crippen molar-refractivity contribution in [1.29, 1.82) is 0 Å². The van der Waals surface area contributed by atoms with E-state index in [1.807, 2.05) is 19.1 Å². The summed E-state index contributed by atoms with van der Waals surface area (Å²) in [7, 11) is 0. The molecule has 1 heterocycles. The lowest BCUT2D eigenvalue weighted by molar-refractivity contribution is 0.624. The summed E-state index contributed by atoms with van der Waals surface area (Å²) in [4.78, 5) is 4.64. The van der Waals surface area contributed by atoms with Crippen molar-refractivity contribution >= 4 is 34.2 Å². The zero-order valence-corrected chi connectivity index (χ0v) is 12.0.